The van der Waals surface area contributed by atoms with Gasteiger partial charge in [-0.1, -0.05) is 76.6 Å². The van der Waals surface area contributed by atoms with Crippen LogP contribution < -0.4 is 49.1 Å². The first kappa shape index (κ1) is 59.6. The lowest BCUT2D eigenvalue weighted by molar-refractivity contribution is -0.145. The summed E-state index contributed by atoms with van der Waals surface area (Å²) in [5.41, 5.74) is 18.1. The van der Waals surface area contributed by atoms with E-state index in [1.807, 2.05) is 0 Å². The Kier molecular flexibility index (Phi) is 23.1. The highest BCUT2D eigenvalue weighted by atomic mass is 19.1. The molecule has 0 bridgehead atoms. The monoisotopic (exact) mass is 1050 g/mol. The second-order valence-electron chi connectivity index (χ2n) is 18.8. The van der Waals surface area contributed by atoms with Crippen molar-refractivity contribution in [2.45, 2.75) is 134 Å². The van der Waals surface area contributed by atoms with Crippen molar-refractivity contribution >= 4 is 59.2 Å². The van der Waals surface area contributed by atoms with Gasteiger partial charge in [0.2, 0.25) is 41.4 Å². The molecule has 75 heavy (non-hydrogen) atoms. The van der Waals surface area contributed by atoms with Crippen molar-refractivity contribution < 1.29 is 57.8 Å². The van der Waals surface area contributed by atoms with E-state index in [0.717, 1.165) is 12.1 Å². The number of aromatic nitrogens is 2. The fourth-order valence-electron chi connectivity index (χ4n) is 8.30. The van der Waals surface area contributed by atoms with Gasteiger partial charge in [0.15, 0.2) is 5.96 Å². The summed E-state index contributed by atoms with van der Waals surface area (Å²) >= 11 is 0. The predicted molar refractivity (Wildman–Crippen MR) is 271 cm³/mol. The Bertz CT molecular complexity index is 2460. The number of benzene rings is 2. The van der Waals surface area contributed by atoms with Crippen LogP contribution in [0.2, 0.25) is 0 Å². The van der Waals surface area contributed by atoms with E-state index >= 15 is 0 Å². The Balaban J connectivity index is 1.59. The lowest BCUT2D eigenvalue weighted by Gasteiger charge is -2.32. The number of imidazole rings is 1. The summed E-state index contributed by atoms with van der Waals surface area (Å²) in [6, 6.07) is 3.12. The fraction of sp³-hybridized carbons (Fsp3) is 0.500. The minimum Gasteiger partial charge on any atom is -0.481 e. The van der Waals surface area contributed by atoms with E-state index in [0.29, 0.717) is 29.7 Å². The molecule has 1 aromatic heterocycles. The number of hydrogen-bond acceptors (Lipinski definition) is 12. The van der Waals surface area contributed by atoms with Crippen molar-refractivity contribution in [2.75, 3.05) is 13.1 Å². The number of carbonyl (C=O) groups is 9. The molecule has 0 unspecified atom stereocenters. The lowest BCUT2D eigenvalue weighted by Crippen LogP contribution is -2.62. The van der Waals surface area contributed by atoms with E-state index in [-0.39, 0.29) is 57.6 Å². The molecule has 2 heterocycles. The van der Waals surface area contributed by atoms with E-state index in [1.165, 1.54) is 29.6 Å². The van der Waals surface area contributed by atoms with Gasteiger partial charge in [0.05, 0.1) is 18.8 Å². The van der Waals surface area contributed by atoms with Gasteiger partial charge in [-0.05, 0) is 60.8 Å². The minimum atomic E-state index is -1.52. The number of carboxylic acid groups (broad SMARTS) is 2. The topological polar surface area (TPSA) is 389 Å². The number of carboxylic acids is 2. The number of aliphatic imine (C=N–C) groups is 1. The first-order chi connectivity index (χ1) is 35.6. The average molecular weight is 1050 g/mol. The van der Waals surface area contributed by atoms with E-state index in [4.69, 9.17) is 22.3 Å². The molecule has 408 valence electrons. The molecule has 0 spiro atoms. The largest absolute Gasteiger partial charge is 0.481 e. The zero-order chi connectivity index (χ0) is 55.4. The third kappa shape index (κ3) is 18.8. The highest BCUT2D eigenvalue weighted by Gasteiger charge is 2.41. The zero-order valence-corrected chi connectivity index (χ0v) is 42.4. The Morgan fingerprint density at radius 1 is 0.760 bits per heavy atom. The van der Waals surface area contributed by atoms with Crippen molar-refractivity contribution in [3.8, 4) is 0 Å². The first-order valence-corrected chi connectivity index (χ1v) is 24.7. The quantitative estimate of drug-likeness (QED) is 0.0228. The number of carbonyl (C=O) groups excluding carboxylic acids is 7. The number of aliphatic carboxylic acids is 2. The van der Waals surface area contributed by atoms with Gasteiger partial charge in [-0.15, -0.1) is 0 Å². The fourth-order valence-corrected chi connectivity index (χ4v) is 8.30. The van der Waals surface area contributed by atoms with Crippen LogP contribution in [0.5, 0.6) is 0 Å². The minimum absolute atomic E-state index is 0.00711. The Hall–Kier alpha value is -7.96. The van der Waals surface area contributed by atoms with Gasteiger partial charge in [-0.25, -0.2) is 14.2 Å². The number of nitrogens with zero attached hydrogens (tertiary/aromatic N) is 3. The summed E-state index contributed by atoms with van der Waals surface area (Å²) in [7, 11) is 0. The summed E-state index contributed by atoms with van der Waals surface area (Å²) in [6.45, 7) is 6.84. The van der Waals surface area contributed by atoms with E-state index in [2.05, 4.69) is 46.9 Å². The molecule has 2 aromatic carbocycles. The van der Waals surface area contributed by atoms with Crippen molar-refractivity contribution in [1.82, 2.24) is 46.8 Å². The molecule has 15 N–H and O–H groups in total. The maximum absolute atomic E-state index is 14.5. The van der Waals surface area contributed by atoms with Crippen LogP contribution in [0.15, 0.2) is 72.1 Å². The number of rotatable bonds is 29. The number of nitrogens with one attached hydrogen (secondary N) is 7. The van der Waals surface area contributed by atoms with Gasteiger partial charge < -0.3 is 69.2 Å². The highest BCUT2D eigenvalue weighted by molar-refractivity contribution is 5.98. The third-order valence-electron chi connectivity index (χ3n) is 12.7. The SMILES string of the molecule is CC[C@H](C)[C@H](NC(=O)[C@H](Cc1ccc(F)cc1)NC(=O)[C@@H](NC(=O)[C@H](CCCN=C(N)N)NC(=O)[C@@H](N)CC(=O)O)C(C)C)C(=O)N[C@@H](Cc1cnc[nH]1)C(=O)N1CCC[C@H]1C(=O)N[C@@H](Cc1ccccc1)C(=O)O. The Labute approximate surface area is 433 Å². The van der Waals surface area contributed by atoms with Gasteiger partial charge in [-0.2, -0.15) is 0 Å². The number of halogens is 1. The van der Waals surface area contributed by atoms with Crippen molar-refractivity contribution in [3.63, 3.8) is 0 Å². The molecule has 3 aromatic rings. The number of nitrogens with two attached hydrogens (primary N) is 3. The second-order valence-corrected chi connectivity index (χ2v) is 18.8. The molecule has 0 saturated carbocycles. The van der Waals surface area contributed by atoms with Gasteiger partial charge in [0, 0.05) is 44.2 Å². The Morgan fingerprint density at radius 3 is 1.96 bits per heavy atom. The van der Waals surface area contributed by atoms with Crippen LogP contribution in [0.25, 0.3) is 0 Å². The van der Waals surface area contributed by atoms with E-state index < -0.39 is 126 Å². The van der Waals surface area contributed by atoms with Crippen LogP contribution >= 0.6 is 0 Å². The molecule has 7 amide bonds. The maximum atomic E-state index is 14.5. The molecule has 1 aliphatic rings. The zero-order valence-electron chi connectivity index (χ0n) is 42.4. The molecule has 1 saturated heterocycles. The molecular weight excluding hydrogens is 978 g/mol. The number of hydrogen-bond donors (Lipinski definition) is 12. The number of amides is 7. The summed E-state index contributed by atoms with van der Waals surface area (Å²) < 4.78 is 14.1. The number of aromatic amines is 1. The molecule has 1 aliphatic heterocycles. The van der Waals surface area contributed by atoms with Crippen LogP contribution in [-0.2, 0) is 62.4 Å². The first-order valence-electron chi connectivity index (χ1n) is 24.7. The lowest BCUT2D eigenvalue weighted by atomic mass is 9.96. The second kappa shape index (κ2) is 29.1. The Morgan fingerprint density at radius 2 is 1.36 bits per heavy atom. The average Bonchev–Trinajstić information content (AvgIpc) is 4.08. The van der Waals surface area contributed by atoms with Crippen molar-refractivity contribution in [2.24, 2.45) is 34.0 Å². The summed E-state index contributed by atoms with van der Waals surface area (Å²) in [5.74, 6) is -10.3. The van der Waals surface area contributed by atoms with Crippen molar-refractivity contribution in [1.29, 1.82) is 0 Å². The van der Waals surface area contributed by atoms with E-state index in [1.54, 1.807) is 58.0 Å². The van der Waals surface area contributed by atoms with Crippen LogP contribution in [0.1, 0.15) is 83.0 Å². The highest BCUT2D eigenvalue weighted by Crippen LogP contribution is 2.21. The third-order valence-corrected chi connectivity index (χ3v) is 12.7. The van der Waals surface area contributed by atoms with Gasteiger partial charge in [0.1, 0.15) is 48.1 Å². The molecule has 1 fully saturated rings. The molecule has 0 aliphatic carbocycles. The van der Waals surface area contributed by atoms with E-state index in [9.17, 15) is 52.6 Å². The van der Waals surface area contributed by atoms with Gasteiger partial charge in [-0.3, -0.25) is 43.3 Å². The molecule has 25 heteroatoms. The molecule has 24 nitrogen and oxygen atoms in total. The van der Waals surface area contributed by atoms with Crippen LogP contribution in [0, 0.1) is 17.7 Å². The van der Waals surface area contributed by atoms with Crippen LogP contribution in [0.4, 0.5) is 4.39 Å². The predicted octanol–water partition coefficient (Wildman–Crippen LogP) is -0.881. The maximum Gasteiger partial charge on any atom is 0.326 e. The molecular formula is C50H70FN13O11. The smallest absolute Gasteiger partial charge is 0.326 e. The van der Waals surface area contributed by atoms with Crippen LogP contribution in [-0.4, -0.2) is 146 Å². The molecule has 0 radical (unpaired) electrons. The van der Waals surface area contributed by atoms with Gasteiger partial charge >= 0.3 is 11.9 Å². The van der Waals surface area contributed by atoms with Gasteiger partial charge in [0.25, 0.3) is 0 Å². The number of guanidine groups is 1. The molecule has 4 rings (SSSR count). The molecule has 9 atom stereocenters. The number of likely N-dealkylation sites (tertiary alicyclic amines) is 1. The standard InChI is InChI=1S/C50H70FN13O11/c1-5-28(4)41(47(72)60-36(23-32-25-55-26-57-32)48(73)64-20-10-14-38(64)45(70)61-37(49(74)75)22-29-11-7-6-8-12-29)63-44(69)35(21-30-15-17-31(51)18-16-30)59-46(71)40(27(2)3)62-43(68)34(13-9-19-56-50(53)54)58-42(67)33(52)24-39(65)66/h6-8,11-12,15-18,25-28,33-38,40-41H,5,9-10,13-14,19-24,52H2,1-4H3,(H,55,57)(H,58,67)(H,59,71)(H,60,72)(H,61,70)(H,62,68)(H,63,69)(H,65,66)(H,74,75)(H4,53,54,56)/t28-,33-,34-,35-,36-,37-,38-,40-,41-/m0/s1. The van der Waals surface area contributed by atoms with Crippen LogP contribution in [0.3, 0.4) is 0 Å². The summed E-state index contributed by atoms with van der Waals surface area (Å²) in [5, 5.41) is 35.0. The normalized spacial score (nSPS) is 16.4. The summed E-state index contributed by atoms with van der Waals surface area (Å²) in [6.07, 6.45) is 2.78. The number of H-pyrrole nitrogens is 1. The van der Waals surface area contributed by atoms with Crippen molar-refractivity contribution in [3.05, 3.63) is 89.8 Å². The summed E-state index contributed by atoms with van der Waals surface area (Å²) in [4.78, 5) is 134.